The van der Waals surface area contributed by atoms with Crippen LogP contribution in [0.5, 0.6) is 11.5 Å². The number of hydrogen-bond donors (Lipinski definition) is 1. The van der Waals surface area contributed by atoms with Crippen molar-refractivity contribution < 1.29 is 27.4 Å². The van der Waals surface area contributed by atoms with E-state index < -0.39 is 17.4 Å². The molecule has 0 aliphatic carbocycles. The van der Waals surface area contributed by atoms with E-state index in [1.165, 1.54) is 31.0 Å². The van der Waals surface area contributed by atoms with E-state index in [2.05, 4.69) is 0 Å². The van der Waals surface area contributed by atoms with Crippen molar-refractivity contribution in [2.75, 3.05) is 12.9 Å². The largest absolute Gasteiger partial charge is 0.507 e. The molecule has 0 unspecified atom stereocenters. The molecular weight excluding hydrogens is 441 g/mol. The molecule has 3 rings (SSSR count). The van der Waals surface area contributed by atoms with Crippen LogP contribution in [0.15, 0.2) is 50.5 Å². The van der Waals surface area contributed by atoms with E-state index in [1.54, 1.807) is 13.0 Å². The first-order valence-corrected chi connectivity index (χ1v) is 10.8. The van der Waals surface area contributed by atoms with Gasteiger partial charge in [-0.05, 0) is 62.2 Å². The predicted octanol–water partition coefficient (Wildman–Crippen LogP) is 6.30. The van der Waals surface area contributed by atoms with Crippen LogP contribution in [0.25, 0.3) is 11.1 Å². The Bertz CT molecular complexity index is 1180. The number of alkyl halides is 3. The molecule has 0 radical (unpaired) electrons. The summed E-state index contributed by atoms with van der Waals surface area (Å²) in [5, 5.41) is 10.8. The molecule has 0 aliphatic rings. The fraction of sp³-hybridized carbons (Fsp3) is 0.292. The fourth-order valence-corrected chi connectivity index (χ4v) is 4.38. The average molecular weight is 465 g/mol. The first kappa shape index (κ1) is 23.8. The van der Waals surface area contributed by atoms with Gasteiger partial charge in [-0.3, -0.25) is 0 Å². The minimum atomic E-state index is -4.37. The number of hydrogen-bond acceptors (Lipinski definition) is 5. The number of benzene rings is 2. The first-order chi connectivity index (χ1) is 15.0. The molecule has 0 atom stereocenters. The summed E-state index contributed by atoms with van der Waals surface area (Å²) in [6.07, 6.45) is -4.05. The van der Waals surface area contributed by atoms with Crippen LogP contribution in [-0.4, -0.2) is 18.0 Å². The summed E-state index contributed by atoms with van der Waals surface area (Å²) < 4.78 is 49.0. The van der Waals surface area contributed by atoms with Crippen molar-refractivity contribution in [3.05, 3.63) is 74.8 Å². The number of methoxy groups -OCH3 is 1. The highest BCUT2D eigenvalue weighted by molar-refractivity contribution is 7.99. The lowest BCUT2D eigenvalue weighted by molar-refractivity contribution is -0.137. The summed E-state index contributed by atoms with van der Waals surface area (Å²) in [6.45, 7) is 5.40. The Morgan fingerprint density at radius 3 is 2.31 bits per heavy atom. The summed E-state index contributed by atoms with van der Waals surface area (Å²) in [5.74, 6) is 1.09. The number of thioether (sulfide) groups is 1. The van der Waals surface area contributed by atoms with Crippen molar-refractivity contribution in [1.29, 1.82) is 0 Å². The van der Waals surface area contributed by atoms with Gasteiger partial charge in [0.25, 0.3) is 0 Å². The highest BCUT2D eigenvalue weighted by Gasteiger charge is 2.30. The molecule has 170 valence electrons. The van der Waals surface area contributed by atoms with Crippen LogP contribution in [0.1, 0.15) is 28.0 Å². The fourth-order valence-electron chi connectivity index (χ4n) is 3.53. The Kier molecular flexibility index (Phi) is 6.93. The van der Waals surface area contributed by atoms with E-state index in [0.717, 1.165) is 23.3 Å². The minimum absolute atomic E-state index is 0.0518. The zero-order valence-corrected chi connectivity index (χ0v) is 18.9. The summed E-state index contributed by atoms with van der Waals surface area (Å²) >= 11 is 1.33. The second-order valence-electron chi connectivity index (χ2n) is 7.44. The van der Waals surface area contributed by atoms with Crippen LogP contribution in [0.2, 0.25) is 0 Å². The Balaban J connectivity index is 1.83. The standard InChI is InChI=1S/C24H23F3O4S/c1-13-11-14(2)20(19(12-13)30-4)21-22(28)15(3)18(31-23(21)29)9-10-32-17-7-5-16(6-8-17)24(25,26)27/h5-8,11-12,28H,9-10H2,1-4H3. The smallest absolute Gasteiger partial charge is 0.416 e. The van der Waals surface area contributed by atoms with Gasteiger partial charge in [0.2, 0.25) is 0 Å². The molecule has 0 saturated carbocycles. The van der Waals surface area contributed by atoms with Gasteiger partial charge in [0.05, 0.1) is 12.7 Å². The Labute approximate surface area is 188 Å². The Morgan fingerprint density at radius 2 is 1.72 bits per heavy atom. The second kappa shape index (κ2) is 9.32. The Morgan fingerprint density at radius 1 is 1.06 bits per heavy atom. The van der Waals surface area contributed by atoms with Crippen molar-refractivity contribution in [3.63, 3.8) is 0 Å². The van der Waals surface area contributed by atoms with Gasteiger partial charge in [0, 0.05) is 28.2 Å². The van der Waals surface area contributed by atoms with Crippen molar-refractivity contribution in [1.82, 2.24) is 0 Å². The highest BCUT2D eigenvalue weighted by Crippen LogP contribution is 2.39. The number of aryl methyl sites for hydroxylation is 3. The SMILES string of the molecule is COc1cc(C)cc(C)c1-c1c(O)c(C)c(CCSc2ccc(C(F)(F)F)cc2)oc1=O. The van der Waals surface area contributed by atoms with E-state index in [0.29, 0.717) is 39.7 Å². The molecule has 3 aromatic rings. The third kappa shape index (κ3) is 4.96. The number of halogens is 3. The Hall–Kier alpha value is -2.87. The van der Waals surface area contributed by atoms with Gasteiger partial charge in [-0.1, -0.05) is 6.07 Å². The maximum Gasteiger partial charge on any atom is 0.416 e. The van der Waals surface area contributed by atoms with Crippen LogP contribution in [0.3, 0.4) is 0 Å². The molecule has 2 aromatic carbocycles. The van der Waals surface area contributed by atoms with Crippen LogP contribution < -0.4 is 10.4 Å². The monoisotopic (exact) mass is 464 g/mol. The summed E-state index contributed by atoms with van der Waals surface area (Å²) in [4.78, 5) is 13.5. The van der Waals surface area contributed by atoms with Gasteiger partial charge >= 0.3 is 11.8 Å². The summed E-state index contributed by atoms with van der Waals surface area (Å²) in [7, 11) is 1.50. The van der Waals surface area contributed by atoms with Crippen LogP contribution in [-0.2, 0) is 12.6 Å². The normalized spacial score (nSPS) is 11.6. The lowest BCUT2D eigenvalue weighted by Gasteiger charge is -2.15. The van der Waals surface area contributed by atoms with Gasteiger partial charge in [-0.25, -0.2) is 4.79 Å². The van der Waals surface area contributed by atoms with Crippen molar-refractivity contribution >= 4 is 11.8 Å². The van der Waals surface area contributed by atoms with Crippen LogP contribution in [0.4, 0.5) is 13.2 Å². The third-order valence-electron chi connectivity index (χ3n) is 5.12. The van der Waals surface area contributed by atoms with E-state index >= 15 is 0 Å². The number of aromatic hydroxyl groups is 1. The van der Waals surface area contributed by atoms with E-state index in [4.69, 9.17) is 9.15 Å². The first-order valence-electron chi connectivity index (χ1n) is 9.84. The highest BCUT2D eigenvalue weighted by atomic mass is 32.2. The summed E-state index contributed by atoms with van der Waals surface area (Å²) in [6, 6.07) is 8.55. The van der Waals surface area contributed by atoms with Gasteiger partial charge in [-0.15, -0.1) is 11.8 Å². The van der Waals surface area contributed by atoms with Gasteiger partial charge in [0.15, 0.2) is 0 Å². The molecule has 0 spiro atoms. The lowest BCUT2D eigenvalue weighted by atomic mass is 9.96. The zero-order chi connectivity index (χ0) is 23.6. The van der Waals surface area contributed by atoms with E-state index in [-0.39, 0.29) is 11.3 Å². The zero-order valence-electron chi connectivity index (χ0n) is 18.1. The molecule has 1 heterocycles. The molecule has 0 aliphatic heterocycles. The lowest BCUT2D eigenvalue weighted by Crippen LogP contribution is -2.10. The number of ether oxygens (including phenoxy) is 1. The maximum absolute atomic E-state index is 12.8. The number of rotatable bonds is 6. The molecule has 8 heteroatoms. The minimum Gasteiger partial charge on any atom is -0.507 e. The summed E-state index contributed by atoms with van der Waals surface area (Å²) in [5.41, 5.74) is 1.33. The molecule has 0 bridgehead atoms. The molecule has 1 N–H and O–H groups in total. The molecular formula is C24H23F3O4S. The molecule has 1 aromatic heterocycles. The quantitative estimate of drug-likeness (QED) is 0.434. The average Bonchev–Trinajstić information content (AvgIpc) is 2.72. The van der Waals surface area contributed by atoms with Crippen molar-refractivity contribution in [2.24, 2.45) is 0 Å². The third-order valence-corrected chi connectivity index (χ3v) is 6.14. The van der Waals surface area contributed by atoms with Crippen molar-refractivity contribution in [2.45, 2.75) is 38.3 Å². The van der Waals surface area contributed by atoms with Gasteiger partial charge in [-0.2, -0.15) is 13.2 Å². The topological polar surface area (TPSA) is 59.7 Å². The van der Waals surface area contributed by atoms with Crippen LogP contribution >= 0.6 is 11.8 Å². The van der Waals surface area contributed by atoms with Gasteiger partial charge in [0.1, 0.15) is 22.8 Å². The van der Waals surface area contributed by atoms with Crippen LogP contribution in [0, 0.1) is 20.8 Å². The maximum atomic E-state index is 12.8. The predicted molar refractivity (Wildman–Crippen MR) is 119 cm³/mol. The molecule has 4 nitrogen and oxygen atoms in total. The second-order valence-corrected chi connectivity index (χ2v) is 8.61. The molecule has 0 fully saturated rings. The van der Waals surface area contributed by atoms with E-state index in [1.807, 2.05) is 19.9 Å². The van der Waals surface area contributed by atoms with Crippen molar-refractivity contribution in [3.8, 4) is 22.6 Å². The molecule has 0 amide bonds. The van der Waals surface area contributed by atoms with Gasteiger partial charge < -0.3 is 14.3 Å². The van der Waals surface area contributed by atoms with E-state index in [9.17, 15) is 23.1 Å². The molecule has 0 saturated heterocycles. The molecule has 32 heavy (non-hydrogen) atoms.